The van der Waals surface area contributed by atoms with Gasteiger partial charge in [0.25, 0.3) is 0 Å². The van der Waals surface area contributed by atoms with Crippen molar-refractivity contribution < 1.29 is 4.79 Å². The molecule has 2 heterocycles. The van der Waals surface area contributed by atoms with E-state index in [0.29, 0.717) is 12.5 Å². The molecule has 4 heteroatoms. The Hall–Kier alpha value is -1.81. The lowest BCUT2D eigenvalue weighted by atomic mass is 10.1. The third-order valence-corrected chi connectivity index (χ3v) is 4.77. The molecule has 0 spiro atoms. The minimum atomic E-state index is 0.124. The first-order chi connectivity index (χ1) is 10.7. The fourth-order valence-electron chi connectivity index (χ4n) is 3.58. The van der Waals surface area contributed by atoms with Crippen molar-refractivity contribution >= 4 is 16.8 Å². The van der Waals surface area contributed by atoms with E-state index in [0.717, 1.165) is 18.7 Å². The van der Waals surface area contributed by atoms with Crippen LogP contribution in [0.4, 0.5) is 0 Å². The summed E-state index contributed by atoms with van der Waals surface area (Å²) in [7, 11) is 2.03. The van der Waals surface area contributed by atoms with Crippen molar-refractivity contribution in [1.82, 2.24) is 14.8 Å². The summed E-state index contributed by atoms with van der Waals surface area (Å²) in [4.78, 5) is 14.7. The van der Waals surface area contributed by atoms with Crippen molar-refractivity contribution in [3.05, 3.63) is 36.0 Å². The van der Waals surface area contributed by atoms with Crippen LogP contribution in [-0.4, -0.2) is 41.1 Å². The van der Waals surface area contributed by atoms with Crippen LogP contribution in [0.25, 0.3) is 10.9 Å². The van der Waals surface area contributed by atoms with Crippen LogP contribution in [-0.2, 0) is 18.3 Å². The van der Waals surface area contributed by atoms with E-state index in [1.54, 1.807) is 0 Å². The van der Waals surface area contributed by atoms with Crippen molar-refractivity contribution in [2.45, 2.75) is 32.2 Å². The second kappa shape index (κ2) is 6.53. The third-order valence-electron chi connectivity index (χ3n) is 4.77. The van der Waals surface area contributed by atoms with Crippen LogP contribution in [0.1, 0.15) is 25.3 Å². The van der Waals surface area contributed by atoms with Crippen LogP contribution in [0.5, 0.6) is 0 Å². The highest BCUT2D eigenvalue weighted by Gasteiger charge is 2.23. The summed E-state index contributed by atoms with van der Waals surface area (Å²) in [6.07, 6.45) is 4.97. The van der Waals surface area contributed by atoms with Gasteiger partial charge in [-0.1, -0.05) is 25.1 Å². The van der Waals surface area contributed by atoms with E-state index in [-0.39, 0.29) is 5.91 Å². The zero-order valence-electron chi connectivity index (χ0n) is 13.5. The molecule has 1 saturated heterocycles. The Morgan fingerprint density at radius 2 is 2.18 bits per heavy atom. The lowest BCUT2D eigenvalue weighted by molar-refractivity contribution is -0.120. The van der Waals surface area contributed by atoms with E-state index in [4.69, 9.17) is 0 Å². The normalized spacial score (nSPS) is 18.9. The Labute approximate surface area is 132 Å². The number of nitrogens with zero attached hydrogens (tertiary/aromatic N) is 2. The lowest BCUT2D eigenvalue weighted by Crippen LogP contribution is -2.40. The Morgan fingerprint density at radius 1 is 1.36 bits per heavy atom. The van der Waals surface area contributed by atoms with Crippen molar-refractivity contribution in [2.75, 3.05) is 19.6 Å². The molecule has 118 valence electrons. The first-order valence-electron chi connectivity index (χ1n) is 8.22. The van der Waals surface area contributed by atoms with Gasteiger partial charge in [-0.3, -0.25) is 9.69 Å². The smallest absolute Gasteiger partial charge is 0.224 e. The van der Waals surface area contributed by atoms with E-state index >= 15 is 0 Å². The Bertz CT molecular complexity index is 661. The number of carbonyl (C=O) groups excluding carboxylic acids is 1. The molecule has 3 rings (SSSR count). The number of likely N-dealkylation sites (N-methyl/N-ethyl adjacent to an activating group) is 1. The van der Waals surface area contributed by atoms with Crippen LogP contribution < -0.4 is 5.32 Å². The number of nitrogens with one attached hydrogen (secondary N) is 1. The lowest BCUT2D eigenvalue weighted by Gasteiger charge is -2.22. The summed E-state index contributed by atoms with van der Waals surface area (Å²) in [5.74, 6) is 0.124. The number of amides is 1. The molecule has 1 amide bonds. The largest absolute Gasteiger partial charge is 0.354 e. The van der Waals surface area contributed by atoms with Crippen molar-refractivity contribution in [3.63, 3.8) is 0 Å². The Morgan fingerprint density at radius 3 is 3.00 bits per heavy atom. The average molecular weight is 299 g/mol. The maximum absolute atomic E-state index is 12.3. The van der Waals surface area contributed by atoms with Crippen LogP contribution in [0, 0.1) is 0 Å². The van der Waals surface area contributed by atoms with E-state index in [2.05, 4.69) is 40.0 Å². The van der Waals surface area contributed by atoms with Gasteiger partial charge in [0, 0.05) is 36.7 Å². The van der Waals surface area contributed by atoms with E-state index in [9.17, 15) is 4.79 Å². The number of hydrogen-bond donors (Lipinski definition) is 1. The van der Waals surface area contributed by atoms with Gasteiger partial charge in [-0.25, -0.2) is 0 Å². The van der Waals surface area contributed by atoms with E-state index in [1.165, 1.54) is 30.3 Å². The van der Waals surface area contributed by atoms with Crippen LogP contribution in [0.15, 0.2) is 30.5 Å². The number of carbonyl (C=O) groups is 1. The Balaban J connectivity index is 1.61. The zero-order valence-corrected chi connectivity index (χ0v) is 13.5. The number of benzene rings is 1. The maximum Gasteiger partial charge on any atom is 0.224 e. The summed E-state index contributed by atoms with van der Waals surface area (Å²) < 4.78 is 2.09. The molecule has 1 aliphatic heterocycles. The predicted molar refractivity (Wildman–Crippen MR) is 89.9 cm³/mol. The molecule has 0 bridgehead atoms. The molecule has 1 aromatic heterocycles. The quantitative estimate of drug-likeness (QED) is 0.920. The summed E-state index contributed by atoms with van der Waals surface area (Å²) in [5.41, 5.74) is 2.28. The minimum Gasteiger partial charge on any atom is -0.354 e. The van der Waals surface area contributed by atoms with Crippen molar-refractivity contribution in [1.29, 1.82) is 0 Å². The molecule has 4 nitrogen and oxygen atoms in total. The number of para-hydroxylation sites is 1. The molecule has 0 radical (unpaired) electrons. The summed E-state index contributed by atoms with van der Waals surface area (Å²) in [6.45, 7) is 5.21. The minimum absolute atomic E-state index is 0.124. The van der Waals surface area contributed by atoms with Gasteiger partial charge in [-0.05, 0) is 37.6 Å². The fourth-order valence-corrected chi connectivity index (χ4v) is 3.58. The molecular weight excluding hydrogens is 274 g/mol. The van der Waals surface area contributed by atoms with Crippen molar-refractivity contribution in [2.24, 2.45) is 7.05 Å². The summed E-state index contributed by atoms with van der Waals surface area (Å²) >= 11 is 0. The van der Waals surface area contributed by atoms with Crippen LogP contribution in [0.3, 0.4) is 0 Å². The second-order valence-electron chi connectivity index (χ2n) is 6.19. The van der Waals surface area contributed by atoms with Gasteiger partial charge >= 0.3 is 0 Å². The molecule has 2 aromatic rings. The van der Waals surface area contributed by atoms with Gasteiger partial charge in [0.05, 0.1) is 6.42 Å². The maximum atomic E-state index is 12.3. The molecule has 0 aliphatic carbocycles. The first kappa shape index (κ1) is 15.1. The highest BCUT2D eigenvalue weighted by Crippen LogP contribution is 2.21. The molecule has 0 saturated carbocycles. The number of likely N-dealkylation sites (tertiary alicyclic amines) is 1. The number of aromatic nitrogens is 1. The molecule has 1 atom stereocenters. The number of hydrogen-bond acceptors (Lipinski definition) is 2. The SMILES string of the molecule is CCN1CCCC1CNC(=O)Cc1cn(C)c2ccccc12. The zero-order chi connectivity index (χ0) is 15.5. The van der Waals surface area contributed by atoms with Gasteiger partial charge in [-0.15, -0.1) is 0 Å². The van der Waals surface area contributed by atoms with Crippen molar-refractivity contribution in [3.8, 4) is 0 Å². The number of fused-ring (bicyclic) bond motifs is 1. The fraction of sp³-hybridized carbons (Fsp3) is 0.500. The number of aryl methyl sites for hydroxylation is 1. The first-order valence-corrected chi connectivity index (χ1v) is 8.22. The Kier molecular flexibility index (Phi) is 4.48. The summed E-state index contributed by atoms with van der Waals surface area (Å²) in [5, 5.41) is 4.30. The number of rotatable bonds is 5. The highest BCUT2D eigenvalue weighted by atomic mass is 16.1. The third kappa shape index (κ3) is 3.02. The van der Waals surface area contributed by atoms with Crippen LogP contribution >= 0.6 is 0 Å². The van der Waals surface area contributed by atoms with Gasteiger partial charge in [0.2, 0.25) is 5.91 Å². The molecule has 1 unspecified atom stereocenters. The molecule has 1 aliphatic rings. The van der Waals surface area contributed by atoms with Gasteiger partial charge < -0.3 is 9.88 Å². The summed E-state index contributed by atoms with van der Waals surface area (Å²) in [6, 6.07) is 8.76. The van der Waals surface area contributed by atoms with Gasteiger partial charge in [-0.2, -0.15) is 0 Å². The second-order valence-corrected chi connectivity index (χ2v) is 6.19. The van der Waals surface area contributed by atoms with Crippen LogP contribution in [0.2, 0.25) is 0 Å². The standard InChI is InChI=1S/C18H25N3O/c1-3-21-10-6-7-15(21)12-19-18(22)11-14-13-20(2)17-9-5-4-8-16(14)17/h4-5,8-9,13,15H,3,6-7,10-12H2,1-2H3,(H,19,22). The molecular formula is C18H25N3O. The highest BCUT2D eigenvalue weighted by molar-refractivity contribution is 5.89. The predicted octanol–water partition coefficient (Wildman–Crippen LogP) is 2.32. The topological polar surface area (TPSA) is 37.3 Å². The molecule has 22 heavy (non-hydrogen) atoms. The molecule has 1 fully saturated rings. The van der Waals surface area contributed by atoms with Gasteiger partial charge in [0.1, 0.15) is 0 Å². The molecule has 1 aromatic carbocycles. The van der Waals surface area contributed by atoms with Gasteiger partial charge in [0.15, 0.2) is 0 Å². The molecule has 1 N–H and O–H groups in total. The average Bonchev–Trinajstić information content (AvgIpc) is 3.11. The van der Waals surface area contributed by atoms with E-state index in [1.807, 2.05) is 19.2 Å². The van der Waals surface area contributed by atoms with E-state index < -0.39 is 0 Å². The monoisotopic (exact) mass is 299 g/mol.